The van der Waals surface area contributed by atoms with Crippen molar-refractivity contribution in [2.75, 3.05) is 20.8 Å². The van der Waals surface area contributed by atoms with Crippen LogP contribution in [-0.2, 0) is 19.1 Å². The molecule has 2 aliphatic heterocycles. The first-order valence-electron chi connectivity index (χ1n) is 21.9. The number of likely N-dealkylation sites (tertiary alicyclic amines) is 2. The number of hydrogen-bond acceptors (Lipinski definition) is 8. The van der Waals surface area contributed by atoms with Gasteiger partial charge in [-0.1, -0.05) is 76.2 Å². The van der Waals surface area contributed by atoms with E-state index in [0.717, 1.165) is 94.6 Å². The predicted molar refractivity (Wildman–Crippen MR) is 234 cm³/mol. The first-order chi connectivity index (χ1) is 29.8. The van der Waals surface area contributed by atoms with E-state index >= 15 is 0 Å². The predicted octanol–water partition coefficient (Wildman–Crippen LogP) is 8.15. The van der Waals surface area contributed by atoms with Crippen molar-refractivity contribution in [3.8, 4) is 33.6 Å². The van der Waals surface area contributed by atoms with E-state index < -0.39 is 24.3 Å². The summed E-state index contributed by atoms with van der Waals surface area (Å²) in [7, 11) is 2.62. The Labute approximate surface area is 361 Å². The number of aromatic nitrogens is 4. The summed E-state index contributed by atoms with van der Waals surface area (Å²) in [5.41, 5.74) is 6.09. The first-order valence-corrected chi connectivity index (χ1v) is 21.9. The van der Waals surface area contributed by atoms with Crippen LogP contribution in [0.25, 0.3) is 44.4 Å². The van der Waals surface area contributed by atoms with E-state index in [1.54, 1.807) is 0 Å². The van der Waals surface area contributed by atoms with Gasteiger partial charge in [0, 0.05) is 18.2 Å². The number of alkyl carbamates (subject to hydrolysis) is 2. The largest absolute Gasteiger partial charge is 0.453 e. The minimum atomic E-state index is -0.687. The van der Waals surface area contributed by atoms with Crippen molar-refractivity contribution in [1.29, 1.82) is 0 Å². The molecular weight excluding hydrogens is 785 g/mol. The lowest BCUT2D eigenvalue weighted by Gasteiger charge is -2.37. The number of nitrogens with one attached hydrogen (secondary N) is 4. The molecule has 14 nitrogen and oxygen atoms in total. The third-order valence-corrected chi connectivity index (χ3v) is 13.8. The third-order valence-electron chi connectivity index (χ3n) is 13.8. The molecule has 4 N–H and O–H groups in total. The van der Waals surface area contributed by atoms with E-state index in [0.29, 0.717) is 12.5 Å². The van der Waals surface area contributed by atoms with Crippen LogP contribution in [0.2, 0.25) is 0 Å². The molecule has 5 aromatic rings. The fourth-order valence-corrected chi connectivity index (χ4v) is 10.2. The fourth-order valence-electron chi connectivity index (χ4n) is 10.2. The lowest BCUT2D eigenvalue weighted by Crippen LogP contribution is -2.54. The van der Waals surface area contributed by atoms with Gasteiger partial charge in [-0.15, -0.1) is 0 Å². The molecule has 2 saturated carbocycles. The number of ether oxygens (including phenoxy) is 2. The van der Waals surface area contributed by atoms with Crippen LogP contribution in [0.4, 0.5) is 9.59 Å². The van der Waals surface area contributed by atoms with Crippen molar-refractivity contribution < 1.29 is 28.7 Å². The number of carbonyl (C=O) groups is 4. The van der Waals surface area contributed by atoms with Gasteiger partial charge in [-0.05, 0) is 101 Å². The minimum Gasteiger partial charge on any atom is -0.453 e. The number of hydrogen-bond donors (Lipinski definition) is 4. The van der Waals surface area contributed by atoms with Crippen LogP contribution >= 0.6 is 0 Å². The molecule has 3 aromatic carbocycles. The van der Waals surface area contributed by atoms with Crippen molar-refractivity contribution in [3.05, 3.63) is 84.7 Å². The van der Waals surface area contributed by atoms with Crippen LogP contribution in [-0.4, -0.2) is 92.6 Å². The lowest BCUT2D eigenvalue weighted by atomic mass is 9.95. The van der Waals surface area contributed by atoms with E-state index in [1.165, 1.54) is 14.2 Å². The summed E-state index contributed by atoms with van der Waals surface area (Å²) in [4.78, 5) is 72.7. The second-order valence-corrected chi connectivity index (χ2v) is 18.5. The molecule has 2 aliphatic carbocycles. The Kier molecular flexibility index (Phi) is 10.8. The maximum Gasteiger partial charge on any atom is 0.407 e. The van der Waals surface area contributed by atoms with Crippen molar-refractivity contribution in [3.63, 3.8) is 0 Å². The smallest absolute Gasteiger partial charge is 0.407 e. The van der Waals surface area contributed by atoms with E-state index in [1.807, 2.05) is 49.9 Å². The summed E-state index contributed by atoms with van der Waals surface area (Å²) < 4.78 is 9.65. The molecule has 2 unspecified atom stereocenters. The first kappa shape index (κ1) is 41.2. The molecule has 1 spiro atoms. The molecule has 2 aromatic heterocycles. The Bertz CT molecular complexity index is 2510. The average Bonchev–Trinajstić information content (AvgIpc) is 3.91. The lowest BCUT2D eigenvalue weighted by molar-refractivity contribution is -0.139. The van der Waals surface area contributed by atoms with Gasteiger partial charge in [-0.3, -0.25) is 9.59 Å². The summed E-state index contributed by atoms with van der Waals surface area (Å²) in [6, 6.07) is 19.7. The van der Waals surface area contributed by atoms with Gasteiger partial charge < -0.3 is 39.9 Å². The van der Waals surface area contributed by atoms with Gasteiger partial charge in [0.05, 0.1) is 50.1 Å². The molecule has 9 rings (SSSR count). The summed E-state index contributed by atoms with van der Waals surface area (Å²) >= 11 is 0. The van der Waals surface area contributed by atoms with E-state index in [2.05, 4.69) is 81.3 Å². The molecule has 4 aliphatic rings. The summed E-state index contributed by atoms with van der Waals surface area (Å²) in [5.74, 6) is 1.45. The normalized spacial score (nSPS) is 22.1. The topological polar surface area (TPSA) is 175 Å². The highest BCUT2D eigenvalue weighted by molar-refractivity contribution is 5.91. The Morgan fingerprint density at radius 2 is 1.26 bits per heavy atom. The zero-order valence-corrected chi connectivity index (χ0v) is 36.2. The number of benzene rings is 3. The number of methoxy groups -OCH3 is 2. The fraction of sp³-hybridized carbons (Fsp3) is 0.458. The van der Waals surface area contributed by atoms with Gasteiger partial charge in [0.1, 0.15) is 23.7 Å². The van der Waals surface area contributed by atoms with Gasteiger partial charge in [-0.2, -0.15) is 0 Å². The minimum absolute atomic E-state index is 0.0907. The summed E-state index contributed by atoms with van der Waals surface area (Å²) in [5, 5.41) is 7.73. The number of fused-ring (bicyclic) bond motifs is 3. The highest BCUT2D eigenvalue weighted by atomic mass is 16.5. The van der Waals surface area contributed by atoms with Crippen molar-refractivity contribution in [1.82, 2.24) is 40.4 Å². The van der Waals surface area contributed by atoms with Crippen LogP contribution in [0.3, 0.4) is 0 Å². The van der Waals surface area contributed by atoms with Crippen molar-refractivity contribution in [2.24, 2.45) is 23.2 Å². The van der Waals surface area contributed by atoms with Crippen LogP contribution in [0, 0.1) is 23.2 Å². The quantitative estimate of drug-likeness (QED) is 0.103. The van der Waals surface area contributed by atoms with E-state index in [-0.39, 0.29) is 47.2 Å². The average molecular weight is 841 g/mol. The number of amides is 4. The molecule has 2 saturated heterocycles. The molecule has 4 fully saturated rings. The number of H-pyrrole nitrogens is 2. The molecule has 324 valence electrons. The summed E-state index contributed by atoms with van der Waals surface area (Å²) in [6.45, 7) is 8.37. The number of imidazole rings is 2. The molecule has 62 heavy (non-hydrogen) atoms. The third kappa shape index (κ3) is 7.68. The standard InChI is InChI=1S/C48H56N8O6/c1-26(2)39(53-46(59)61-5)44(57)55-25-48(17-18-48)22-38(55)42-49-24-37(51-42)33-14-13-31-19-30(11-12-32(31)20-33)28-7-9-29(10-8-28)36-23-50-43(52-36)41-34-15-16-35(21-34)56(41)45(58)40(27(3)4)54-47(60)62-6/h7-14,19-20,23-24,26-27,34-35,38-41H,15-18,21-22,25H2,1-6H3,(H,49,51)(H,50,52)(H,53,59)(H,54,60)/t34?,35-,38+,39+,40+,41?/m1/s1. The number of carbonyl (C=O) groups excluding carboxylic acids is 4. The highest BCUT2D eigenvalue weighted by Gasteiger charge is 2.55. The van der Waals surface area contributed by atoms with Gasteiger partial charge in [0.2, 0.25) is 11.8 Å². The molecule has 0 radical (unpaired) electrons. The molecule has 2 bridgehead atoms. The Balaban J connectivity index is 0.893. The monoisotopic (exact) mass is 840 g/mol. The molecule has 4 heterocycles. The van der Waals surface area contributed by atoms with E-state index in [9.17, 15) is 19.2 Å². The van der Waals surface area contributed by atoms with Crippen molar-refractivity contribution >= 4 is 34.8 Å². The molecular formula is C48H56N8O6. The SMILES string of the molecule is COC(=O)N[C@H](C(=O)N1CC2(CC2)C[C@H]1c1ncc(-c2ccc3cc(-c4ccc(-c5cnc(C6C7CC[C@H](C7)N6C(=O)[C@@H](NC(=O)OC)C(C)C)[nH]5)cc4)ccc3c2)[nH]1)C(C)C. The zero-order chi connectivity index (χ0) is 43.4. The Hall–Kier alpha value is -6.18. The Morgan fingerprint density at radius 3 is 1.89 bits per heavy atom. The van der Waals surface area contributed by atoms with Gasteiger partial charge in [0.15, 0.2) is 0 Å². The second kappa shape index (κ2) is 16.3. The number of piperidine rings is 1. The maximum atomic E-state index is 14.0. The zero-order valence-electron chi connectivity index (χ0n) is 36.2. The van der Waals surface area contributed by atoms with Crippen LogP contribution in [0.15, 0.2) is 73.1 Å². The van der Waals surface area contributed by atoms with Gasteiger partial charge in [0.25, 0.3) is 0 Å². The molecule has 14 heteroatoms. The van der Waals surface area contributed by atoms with Gasteiger partial charge >= 0.3 is 12.2 Å². The number of nitrogens with zero attached hydrogens (tertiary/aromatic N) is 4. The molecule has 4 amide bonds. The van der Waals surface area contributed by atoms with Crippen LogP contribution in [0.5, 0.6) is 0 Å². The van der Waals surface area contributed by atoms with Crippen LogP contribution < -0.4 is 10.6 Å². The van der Waals surface area contributed by atoms with E-state index in [4.69, 9.17) is 19.4 Å². The molecule has 6 atom stereocenters. The van der Waals surface area contributed by atoms with Crippen molar-refractivity contribution in [2.45, 2.75) is 96.4 Å². The van der Waals surface area contributed by atoms with Crippen LogP contribution in [0.1, 0.15) is 90.0 Å². The second-order valence-electron chi connectivity index (χ2n) is 18.5. The highest BCUT2D eigenvalue weighted by Crippen LogP contribution is 2.58. The summed E-state index contributed by atoms with van der Waals surface area (Å²) in [6.07, 6.45) is 8.43. The van der Waals surface area contributed by atoms with Gasteiger partial charge in [-0.25, -0.2) is 19.6 Å². The Morgan fingerprint density at radius 1 is 0.710 bits per heavy atom. The number of aromatic amines is 2. The number of rotatable bonds is 11. The maximum absolute atomic E-state index is 14.0.